The van der Waals surface area contributed by atoms with Gasteiger partial charge in [-0.1, -0.05) is 35.7 Å². The van der Waals surface area contributed by atoms with Gasteiger partial charge in [-0.2, -0.15) is 0 Å². The van der Waals surface area contributed by atoms with E-state index in [4.69, 9.17) is 23.2 Å². The van der Waals surface area contributed by atoms with E-state index < -0.39 is 0 Å². The number of anilines is 1. The minimum absolute atomic E-state index is 0.606. The molecule has 0 aromatic heterocycles. The van der Waals surface area contributed by atoms with Crippen molar-refractivity contribution in [3.63, 3.8) is 0 Å². The zero-order valence-electron chi connectivity index (χ0n) is 9.88. The largest absolute Gasteiger partial charge is 0.383 e. The third-order valence-electron chi connectivity index (χ3n) is 3.14. The highest BCUT2D eigenvalue weighted by molar-refractivity contribution is 6.43. The molecule has 1 aromatic carbocycles. The lowest BCUT2D eigenvalue weighted by molar-refractivity contribution is 0.237. The van der Waals surface area contributed by atoms with E-state index in [1.54, 1.807) is 6.07 Å². The molecule has 17 heavy (non-hydrogen) atoms. The molecule has 0 amide bonds. The lowest BCUT2D eigenvalue weighted by Crippen LogP contribution is -2.33. The summed E-state index contributed by atoms with van der Waals surface area (Å²) in [5.74, 6) is 0. The molecule has 0 saturated carbocycles. The van der Waals surface area contributed by atoms with Crippen LogP contribution in [0.5, 0.6) is 0 Å². The van der Waals surface area contributed by atoms with E-state index >= 15 is 0 Å². The van der Waals surface area contributed by atoms with Crippen molar-refractivity contribution in [2.24, 2.45) is 0 Å². The highest BCUT2D eigenvalue weighted by Crippen LogP contribution is 2.29. The van der Waals surface area contributed by atoms with Crippen LogP contribution in [-0.2, 0) is 0 Å². The van der Waals surface area contributed by atoms with Crippen LogP contribution in [0.3, 0.4) is 0 Å². The lowest BCUT2D eigenvalue weighted by atomic mass is 10.1. The normalized spacial score (nSPS) is 17.1. The minimum Gasteiger partial charge on any atom is -0.383 e. The van der Waals surface area contributed by atoms with Crippen LogP contribution >= 0.6 is 23.2 Å². The molecule has 1 aliphatic heterocycles. The van der Waals surface area contributed by atoms with Gasteiger partial charge in [-0.15, -0.1) is 0 Å². The molecule has 2 rings (SSSR count). The maximum Gasteiger partial charge on any atom is 0.0823 e. The number of halogens is 2. The van der Waals surface area contributed by atoms with Crippen molar-refractivity contribution >= 4 is 28.9 Å². The number of hydrogen-bond donors (Lipinski definition) is 1. The van der Waals surface area contributed by atoms with Crippen LogP contribution in [0.4, 0.5) is 5.69 Å². The Morgan fingerprint density at radius 2 is 1.88 bits per heavy atom. The molecule has 1 aliphatic rings. The van der Waals surface area contributed by atoms with Crippen LogP contribution in [0.2, 0.25) is 10.0 Å². The third-order valence-corrected chi connectivity index (χ3v) is 3.96. The summed E-state index contributed by atoms with van der Waals surface area (Å²) in [6, 6.07) is 5.68. The smallest absolute Gasteiger partial charge is 0.0823 e. The molecule has 1 aromatic rings. The Balaban J connectivity index is 1.79. The summed E-state index contributed by atoms with van der Waals surface area (Å²) < 4.78 is 0. The zero-order chi connectivity index (χ0) is 12.1. The van der Waals surface area contributed by atoms with E-state index in [1.165, 1.54) is 32.4 Å². The Bertz CT molecular complexity index is 362. The Morgan fingerprint density at radius 1 is 1.12 bits per heavy atom. The van der Waals surface area contributed by atoms with Crippen LogP contribution in [-0.4, -0.2) is 31.1 Å². The second-order valence-corrected chi connectivity index (χ2v) is 5.22. The van der Waals surface area contributed by atoms with Gasteiger partial charge >= 0.3 is 0 Å². The van der Waals surface area contributed by atoms with Crippen molar-refractivity contribution in [3.05, 3.63) is 28.2 Å². The number of likely N-dealkylation sites (tertiary alicyclic amines) is 1. The predicted molar refractivity (Wildman–Crippen MR) is 75.2 cm³/mol. The van der Waals surface area contributed by atoms with Gasteiger partial charge in [0.05, 0.1) is 15.7 Å². The molecule has 0 radical (unpaired) electrons. The first kappa shape index (κ1) is 13.0. The molecule has 1 saturated heterocycles. The average molecular weight is 273 g/mol. The molecule has 1 heterocycles. The molecule has 0 atom stereocenters. The van der Waals surface area contributed by atoms with Gasteiger partial charge in [0.25, 0.3) is 0 Å². The van der Waals surface area contributed by atoms with E-state index in [9.17, 15) is 0 Å². The third kappa shape index (κ3) is 3.77. The topological polar surface area (TPSA) is 15.3 Å². The van der Waals surface area contributed by atoms with Gasteiger partial charge < -0.3 is 10.2 Å². The molecule has 0 unspecified atom stereocenters. The van der Waals surface area contributed by atoms with Crippen molar-refractivity contribution < 1.29 is 0 Å². The number of nitrogens with one attached hydrogen (secondary N) is 1. The number of rotatable bonds is 4. The van der Waals surface area contributed by atoms with Gasteiger partial charge in [0.2, 0.25) is 0 Å². The van der Waals surface area contributed by atoms with Gasteiger partial charge in [-0.25, -0.2) is 0 Å². The van der Waals surface area contributed by atoms with E-state index in [0.29, 0.717) is 10.0 Å². The van der Waals surface area contributed by atoms with E-state index in [-0.39, 0.29) is 0 Å². The molecular weight excluding hydrogens is 255 g/mol. The SMILES string of the molecule is Clc1cccc(NCCN2CCCCC2)c1Cl. The number of hydrogen-bond acceptors (Lipinski definition) is 2. The summed E-state index contributed by atoms with van der Waals surface area (Å²) in [5.41, 5.74) is 0.927. The van der Waals surface area contributed by atoms with Crippen LogP contribution in [0.15, 0.2) is 18.2 Å². The van der Waals surface area contributed by atoms with Crippen molar-refractivity contribution in [3.8, 4) is 0 Å². The molecule has 2 nitrogen and oxygen atoms in total. The van der Waals surface area contributed by atoms with E-state index in [2.05, 4.69) is 10.2 Å². The number of nitrogens with zero attached hydrogens (tertiary/aromatic N) is 1. The maximum absolute atomic E-state index is 6.11. The van der Waals surface area contributed by atoms with Crippen molar-refractivity contribution in [2.75, 3.05) is 31.5 Å². The summed E-state index contributed by atoms with van der Waals surface area (Å²) in [5, 5.41) is 4.57. The second kappa shape index (κ2) is 6.48. The Kier molecular flexibility index (Phi) is 4.96. The fraction of sp³-hybridized carbons (Fsp3) is 0.538. The molecular formula is C13H18Cl2N2. The fourth-order valence-electron chi connectivity index (χ4n) is 2.17. The average Bonchev–Trinajstić information content (AvgIpc) is 2.36. The Hall–Kier alpha value is -0.440. The van der Waals surface area contributed by atoms with Crippen LogP contribution < -0.4 is 5.32 Å². The van der Waals surface area contributed by atoms with Crippen LogP contribution in [0, 0.1) is 0 Å². The summed E-state index contributed by atoms with van der Waals surface area (Å²) in [6.07, 6.45) is 4.04. The Morgan fingerprint density at radius 3 is 2.65 bits per heavy atom. The van der Waals surface area contributed by atoms with Gasteiger partial charge in [-0.3, -0.25) is 0 Å². The zero-order valence-corrected chi connectivity index (χ0v) is 11.4. The van der Waals surface area contributed by atoms with Crippen molar-refractivity contribution in [2.45, 2.75) is 19.3 Å². The second-order valence-electron chi connectivity index (χ2n) is 4.43. The first-order valence-corrected chi connectivity index (χ1v) is 6.93. The fourth-order valence-corrected chi connectivity index (χ4v) is 2.54. The molecule has 0 spiro atoms. The van der Waals surface area contributed by atoms with Crippen LogP contribution in [0.1, 0.15) is 19.3 Å². The minimum atomic E-state index is 0.606. The highest BCUT2D eigenvalue weighted by Gasteiger charge is 2.09. The summed E-state index contributed by atoms with van der Waals surface area (Å²) in [7, 11) is 0. The summed E-state index contributed by atoms with van der Waals surface area (Å²) in [4.78, 5) is 2.49. The highest BCUT2D eigenvalue weighted by atomic mass is 35.5. The van der Waals surface area contributed by atoms with Gasteiger partial charge in [0, 0.05) is 13.1 Å². The predicted octanol–water partition coefficient (Wildman–Crippen LogP) is 3.89. The maximum atomic E-state index is 6.11. The first-order valence-electron chi connectivity index (χ1n) is 6.17. The van der Waals surface area contributed by atoms with Gasteiger partial charge in [0.1, 0.15) is 0 Å². The number of benzene rings is 1. The Labute approximate surface area is 113 Å². The molecule has 1 fully saturated rings. The van der Waals surface area contributed by atoms with Gasteiger partial charge in [0.15, 0.2) is 0 Å². The molecule has 4 heteroatoms. The monoisotopic (exact) mass is 272 g/mol. The van der Waals surface area contributed by atoms with Crippen molar-refractivity contribution in [1.82, 2.24) is 4.90 Å². The molecule has 1 N–H and O–H groups in total. The molecule has 94 valence electrons. The molecule has 0 bridgehead atoms. The standard InChI is InChI=1S/C13H18Cl2N2/c14-11-5-4-6-12(13(11)15)16-7-10-17-8-2-1-3-9-17/h4-6,16H,1-3,7-10H2. The first-order chi connectivity index (χ1) is 8.27. The van der Waals surface area contributed by atoms with E-state index in [1.807, 2.05) is 12.1 Å². The lowest BCUT2D eigenvalue weighted by Gasteiger charge is -2.26. The summed E-state index contributed by atoms with van der Waals surface area (Å²) >= 11 is 12.1. The van der Waals surface area contributed by atoms with E-state index in [0.717, 1.165) is 18.8 Å². The quantitative estimate of drug-likeness (QED) is 0.895. The van der Waals surface area contributed by atoms with Crippen molar-refractivity contribution in [1.29, 1.82) is 0 Å². The van der Waals surface area contributed by atoms with Crippen LogP contribution in [0.25, 0.3) is 0 Å². The molecule has 0 aliphatic carbocycles. The van der Waals surface area contributed by atoms with Gasteiger partial charge in [-0.05, 0) is 38.1 Å². The summed E-state index contributed by atoms with van der Waals surface area (Å²) in [6.45, 7) is 4.44. The number of piperidine rings is 1.